The lowest BCUT2D eigenvalue weighted by Gasteiger charge is -2.01. The van der Waals surface area contributed by atoms with Gasteiger partial charge >= 0.3 is 0 Å². The molecule has 0 aliphatic heterocycles. The molecule has 1 aromatic carbocycles. The SMILES string of the molecule is CCCCn1cnc2ccccc21. The number of para-hydroxylation sites is 2. The third kappa shape index (κ3) is 1.57. The average Bonchev–Trinajstić information content (AvgIpc) is 2.58. The van der Waals surface area contributed by atoms with Crippen LogP contribution in [-0.2, 0) is 6.54 Å². The van der Waals surface area contributed by atoms with E-state index < -0.39 is 0 Å². The van der Waals surface area contributed by atoms with E-state index >= 15 is 0 Å². The monoisotopic (exact) mass is 174 g/mol. The van der Waals surface area contributed by atoms with Gasteiger partial charge in [0.05, 0.1) is 17.4 Å². The third-order valence-electron chi connectivity index (χ3n) is 2.28. The Morgan fingerprint density at radius 3 is 3.00 bits per heavy atom. The maximum absolute atomic E-state index is 4.33. The van der Waals surface area contributed by atoms with Crippen molar-refractivity contribution in [3.8, 4) is 0 Å². The molecule has 0 saturated carbocycles. The summed E-state index contributed by atoms with van der Waals surface area (Å²) in [6.45, 7) is 3.29. The van der Waals surface area contributed by atoms with E-state index in [9.17, 15) is 0 Å². The van der Waals surface area contributed by atoms with Crippen molar-refractivity contribution in [2.45, 2.75) is 26.3 Å². The highest BCUT2D eigenvalue weighted by molar-refractivity contribution is 5.74. The summed E-state index contributed by atoms with van der Waals surface area (Å²) in [5.74, 6) is 0. The summed E-state index contributed by atoms with van der Waals surface area (Å²) < 4.78 is 2.22. The van der Waals surface area contributed by atoms with E-state index in [4.69, 9.17) is 0 Å². The molecule has 68 valence electrons. The summed E-state index contributed by atoms with van der Waals surface area (Å²) in [6.07, 6.45) is 4.38. The van der Waals surface area contributed by atoms with Crippen molar-refractivity contribution >= 4 is 11.0 Å². The molecule has 0 unspecified atom stereocenters. The van der Waals surface area contributed by atoms with Gasteiger partial charge in [0.25, 0.3) is 0 Å². The molecule has 0 radical (unpaired) electrons. The first-order valence-electron chi connectivity index (χ1n) is 4.81. The standard InChI is InChI=1S/C11H14N2/c1-2-3-8-13-9-12-10-6-4-5-7-11(10)13/h4-7,9H,2-3,8H2,1H3. The highest BCUT2D eigenvalue weighted by Gasteiger charge is 1.99. The number of hydrogen-bond acceptors (Lipinski definition) is 1. The number of hydrogen-bond donors (Lipinski definition) is 0. The number of rotatable bonds is 3. The molecule has 0 aliphatic carbocycles. The van der Waals surface area contributed by atoms with Crippen LogP contribution < -0.4 is 0 Å². The number of fused-ring (bicyclic) bond motifs is 1. The van der Waals surface area contributed by atoms with Crippen molar-refractivity contribution in [1.29, 1.82) is 0 Å². The molecule has 13 heavy (non-hydrogen) atoms. The fraction of sp³-hybridized carbons (Fsp3) is 0.364. The molecule has 0 aliphatic rings. The van der Waals surface area contributed by atoms with Crippen LogP contribution >= 0.6 is 0 Å². The summed E-state index contributed by atoms with van der Waals surface area (Å²) in [7, 11) is 0. The van der Waals surface area contributed by atoms with E-state index in [1.54, 1.807) is 0 Å². The first-order chi connectivity index (χ1) is 6.42. The molecule has 1 heterocycles. The third-order valence-corrected chi connectivity index (χ3v) is 2.28. The normalized spacial score (nSPS) is 10.8. The molecule has 2 rings (SSSR count). The number of aryl methyl sites for hydroxylation is 1. The van der Waals surface area contributed by atoms with Gasteiger partial charge in [-0.15, -0.1) is 0 Å². The molecule has 2 aromatic rings. The Balaban J connectivity index is 2.35. The fourth-order valence-electron chi connectivity index (χ4n) is 1.52. The van der Waals surface area contributed by atoms with Crippen LogP contribution in [0.5, 0.6) is 0 Å². The Labute approximate surface area is 78.2 Å². The fourth-order valence-corrected chi connectivity index (χ4v) is 1.52. The summed E-state index contributed by atoms with van der Waals surface area (Å²) in [4.78, 5) is 4.33. The molecule has 0 fully saturated rings. The van der Waals surface area contributed by atoms with E-state index in [1.165, 1.54) is 18.4 Å². The Morgan fingerprint density at radius 1 is 1.31 bits per heavy atom. The van der Waals surface area contributed by atoms with Gasteiger partial charge in [-0.2, -0.15) is 0 Å². The van der Waals surface area contributed by atoms with Crippen LogP contribution in [-0.4, -0.2) is 9.55 Å². The number of unbranched alkanes of at least 4 members (excludes halogenated alkanes) is 1. The maximum atomic E-state index is 4.33. The largest absolute Gasteiger partial charge is 0.331 e. The van der Waals surface area contributed by atoms with Gasteiger partial charge in [0.1, 0.15) is 0 Å². The van der Waals surface area contributed by atoms with Crippen molar-refractivity contribution in [3.05, 3.63) is 30.6 Å². The second kappa shape index (κ2) is 3.60. The van der Waals surface area contributed by atoms with Gasteiger partial charge in [-0.25, -0.2) is 4.98 Å². The van der Waals surface area contributed by atoms with Gasteiger partial charge in [-0.3, -0.25) is 0 Å². The first-order valence-corrected chi connectivity index (χ1v) is 4.81. The second-order valence-corrected chi connectivity index (χ2v) is 3.28. The number of aromatic nitrogens is 2. The van der Waals surface area contributed by atoms with Crippen LogP contribution in [0, 0.1) is 0 Å². The van der Waals surface area contributed by atoms with Crippen LogP contribution in [0.3, 0.4) is 0 Å². The Morgan fingerprint density at radius 2 is 2.15 bits per heavy atom. The van der Waals surface area contributed by atoms with Crippen molar-refractivity contribution in [1.82, 2.24) is 9.55 Å². The highest BCUT2D eigenvalue weighted by atomic mass is 15.0. The Kier molecular flexibility index (Phi) is 2.30. The highest BCUT2D eigenvalue weighted by Crippen LogP contribution is 2.12. The minimum atomic E-state index is 1.08. The molecule has 0 atom stereocenters. The van der Waals surface area contributed by atoms with Crippen LogP contribution in [0.25, 0.3) is 11.0 Å². The predicted octanol–water partition coefficient (Wildman–Crippen LogP) is 2.84. The molecule has 0 spiro atoms. The molecule has 2 heteroatoms. The smallest absolute Gasteiger partial charge is 0.0958 e. The van der Waals surface area contributed by atoms with Gasteiger partial charge in [0.15, 0.2) is 0 Å². The molecular formula is C11H14N2. The average molecular weight is 174 g/mol. The van der Waals surface area contributed by atoms with Gasteiger partial charge in [-0.05, 0) is 18.6 Å². The summed E-state index contributed by atoms with van der Waals surface area (Å²) >= 11 is 0. The van der Waals surface area contributed by atoms with Gasteiger partial charge in [-0.1, -0.05) is 25.5 Å². The quantitative estimate of drug-likeness (QED) is 0.699. The van der Waals surface area contributed by atoms with E-state index in [1.807, 2.05) is 12.4 Å². The van der Waals surface area contributed by atoms with E-state index in [0.717, 1.165) is 12.1 Å². The van der Waals surface area contributed by atoms with Gasteiger partial charge in [0.2, 0.25) is 0 Å². The van der Waals surface area contributed by atoms with E-state index in [-0.39, 0.29) is 0 Å². The summed E-state index contributed by atoms with van der Waals surface area (Å²) in [5, 5.41) is 0. The van der Waals surface area contributed by atoms with E-state index in [0.29, 0.717) is 0 Å². The lowest BCUT2D eigenvalue weighted by atomic mass is 10.3. The molecular weight excluding hydrogens is 160 g/mol. The van der Waals surface area contributed by atoms with Crippen LogP contribution in [0.15, 0.2) is 30.6 Å². The first kappa shape index (κ1) is 8.30. The molecule has 0 bridgehead atoms. The molecule has 0 saturated heterocycles. The maximum Gasteiger partial charge on any atom is 0.0958 e. The van der Waals surface area contributed by atoms with Crippen LogP contribution in [0.2, 0.25) is 0 Å². The molecule has 0 amide bonds. The number of imidazole rings is 1. The Hall–Kier alpha value is -1.31. The Bertz CT molecular complexity index is 390. The van der Waals surface area contributed by atoms with Crippen molar-refractivity contribution < 1.29 is 0 Å². The summed E-state index contributed by atoms with van der Waals surface area (Å²) in [6, 6.07) is 8.27. The van der Waals surface area contributed by atoms with Crippen LogP contribution in [0.1, 0.15) is 19.8 Å². The zero-order valence-corrected chi connectivity index (χ0v) is 7.90. The zero-order valence-electron chi connectivity index (χ0n) is 7.90. The van der Waals surface area contributed by atoms with Gasteiger partial charge < -0.3 is 4.57 Å². The minimum Gasteiger partial charge on any atom is -0.331 e. The minimum absolute atomic E-state index is 1.08. The molecule has 0 N–H and O–H groups in total. The lowest BCUT2D eigenvalue weighted by Crippen LogP contribution is -1.94. The van der Waals surface area contributed by atoms with Crippen molar-refractivity contribution in [2.75, 3.05) is 0 Å². The number of benzene rings is 1. The molecule has 2 nitrogen and oxygen atoms in total. The molecule has 1 aromatic heterocycles. The second-order valence-electron chi connectivity index (χ2n) is 3.28. The van der Waals surface area contributed by atoms with E-state index in [2.05, 4.69) is 34.7 Å². The van der Waals surface area contributed by atoms with Gasteiger partial charge in [0, 0.05) is 6.54 Å². The number of nitrogens with zero attached hydrogens (tertiary/aromatic N) is 2. The van der Waals surface area contributed by atoms with Crippen molar-refractivity contribution in [3.63, 3.8) is 0 Å². The topological polar surface area (TPSA) is 17.8 Å². The zero-order chi connectivity index (χ0) is 9.10. The predicted molar refractivity (Wildman–Crippen MR) is 54.6 cm³/mol. The summed E-state index contributed by atoms with van der Waals surface area (Å²) in [5.41, 5.74) is 2.34. The lowest BCUT2D eigenvalue weighted by molar-refractivity contribution is 0.646. The van der Waals surface area contributed by atoms with Crippen molar-refractivity contribution in [2.24, 2.45) is 0 Å². The van der Waals surface area contributed by atoms with Crippen LogP contribution in [0.4, 0.5) is 0 Å².